The lowest BCUT2D eigenvalue weighted by Gasteiger charge is -2.37. The van der Waals surface area contributed by atoms with Crippen LogP contribution in [-0.4, -0.2) is 100 Å². The Morgan fingerprint density at radius 1 is 1.00 bits per heavy atom. The van der Waals surface area contributed by atoms with Gasteiger partial charge in [0.15, 0.2) is 11.6 Å². The lowest BCUT2D eigenvalue weighted by atomic mass is 10.2. The molecule has 1 amide bonds. The van der Waals surface area contributed by atoms with Gasteiger partial charge in [-0.1, -0.05) is 18.9 Å². The number of hydrogen-bond acceptors (Lipinski definition) is 5. The molecule has 2 fully saturated rings. The first kappa shape index (κ1) is 25.7. The Morgan fingerprint density at radius 2 is 1.76 bits per heavy atom. The molecular weight excluding hydrogens is 531 g/mol. The first-order chi connectivity index (χ1) is 15.7. The number of hydrogen-bond donors (Lipinski definition) is 1. The van der Waals surface area contributed by atoms with Gasteiger partial charge < -0.3 is 15.1 Å². The summed E-state index contributed by atoms with van der Waals surface area (Å²) >= 11 is 0. The van der Waals surface area contributed by atoms with Crippen molar-refractivity contribution in [2.45, 2.75) is 39.0 Å². The lowest BCUT2D eigenvalue weighted by Crippen LogP contribution is -2.54. The molecule has 1 N–H and O–H groups in total. The van der Waals surface area contributed by atoms with Crippen molar-refractivity contribution >= 4 is 41.5 Å². The Labute approximate surface area is 213 Å². The minimum Gasteiger partial charge on any atom is -0.357 e. The molecule has 0 saturated carbocycles. The molecule has 2 aromatic heterocycles. The highest BCUT2D eigenvalue weighted by molar-refractivity contribution is 14.0. The number of nitrogens with one attached hydrogen (secondary N) is 1. The molecule has 0 aromatic carbocycles. The van der Waals surface area contributed by atoms with Crippen molar-refractivity contribution < 1.29 is 4.79 Å². The molecule has 2 aromatic rings. The minimum absolute atomic E-state index is 0. The van der Waals surface area contributed by atoms with Crippen LogP contribution in [0.1, 0.15) is 38.4 Å². The molecule has 0 unspecified atom stereocenters. The van der Waals surface area contributed by atoms with E-state index >= 15 is 0 Å². The van der Waals surface area contributed by atoms with Crippen molar-refractivity contribution in [3.05, 3.63) is 30.2 Å². The normalized spacial score (nSPS) is 18.2. The van der Waals surface area contributed by atoms with Crippen LogP contribution in [0.5, 0.6) is 0 Å². The Morgan fingerprint density at radius 3 is 2.48 bits per heavy atom. The zero-order valence-corrected chi connectivity index (χ0v) is 22.0. The number of pyridine rings is 1. The van der Waals surface area contributed by atoms with E-state index in [0.29, 0.717) is 19.0 Å². The number of piperazine rings is 1. The Bertz CT molecular complexity index is 901. The number of rotatable bonds is 6. The molecule has 2 aliphatic rings. The van der Waals surface area contributed by atoms with E-state index in [1.165, 1.54) is 12.8 Å². The van der Waals surface area contributed by atoms with E-state index in [1.54, 1.807) is 0 Å². The van der Waals surface area contributed by atoms with Crippen molar-refractivity contribution in [3.63, 3.8) is 0 Å². The standard InChI is InChI=1S/C23H36N8O.HI/c1-2-24-23(25-11-10-21-27-26-20-9-5-8-14-31(20)21)30-17-15-28(16-18-30)19-22(32)29-12-6-3-4-7-13-29;/h5,8-9,14H,2-4,6-7,10-13,15-19H2,1H3,(H,24,25);1H. The topological polar surface area (TPSA) is 81.4 Å². The van der Waals surface area contributed by atoms with Gasteiger partial charge in [-0.15, -0.1) is 34.2 Å². The van der Waals surface area contributed by atoms with Gasteiger partial charge in [-0.05, 0) is 31.9 Å². The van der Waals surface area contributed by atoms with E-state index < -0.39 is 0 Å². The van der Waals surface area contributed by atoms with Crippen molar-refractivity contribution in [2.24, 2.45) is 4.99 Å². The molecule has 2 aliphatic heterocycles. The molecule has 33 heavy (non-hydrogen) atoms. The third-order valence-corrected chi connectivity index (χ3v) is 6.31. The zero-order chi connectivity index (χ0) is 22.2. The van der Waals surface area contributed by atoms with Crippen LogP contribution in [0.4, 0.5) is 0 Å². The van der Waals surface area contributed by atoms with Gasteiger partial charge in [0.05, 0.1) is 6.54 Å². The quantitative estimate of drug-likeness (QED) is 0.326. The molecule has 182 valence electrons. The predicted octanol–water partition coefficient (Wildman–Crippen LogP) is 1.88. The number of aliphatic imine (C=N–C) groups is 1. The Kier molecular flexibility index (Phi) is 10.2. The van der Waals surface area contributed by atoms with E-state index in [4.69, 9.17) is 4.99 Å². The van der Waals surface area contributed by atoms with Gasteiger partial charge in [0.2, 0.25) is 5.91 Å². The fourth-order valence-electron chi connectivity index (χ4n) is 4.48. The number of carbonyl (C=O) groups is 1. The second-order valence-corrected chi connectivity index (χ2v) is 8.59. The number of amides is 1. The third-order valence-electron chi connectivity index (χ3n) is 6.31. The molecule has 0 atom stereocenters. The highest BCUT2D eigenvalue weighted by atomic mass is 127. The molecule has 0 spiro atoms. The number of aromatic nitrogens is 3. The number of carbonyl (C=O) groups excluding carboxylic acids is 1. The van der Waals surface area contributed by atoms with Crippen molar-refractivity contribution in [1.29, 1.82) is 0 Å². The van der Waals surface area contributed by atoms with Crippen LogP contribution < -0.4 is 5.32 Å². The summed E-state index contributed by atoms with van der Waals surface area (Å²) in [5.41, 5.74) is 0.865. The highest BCUT2D eigenvalue weighted by Crippen LogP contribution is 2.11. The van der Waals surface area contributed by atoms with Crippen LogP contribution in [0.2, 0.25) is 0 Å². The van der Waals surface area contributed by atoms with E-state index in [0.717, 1.165) is 82.5 Å². The second kappa shape index (κ2) is 13.1. The molecule has 4 rings (SSSR count). The molecular formula is C23H37IN8O. The fraction of sp³-hybridized carbons (Fsp3) is 0.652. The maximum absolute atomic E-state index is 12.7. The molecule has 4 heterocycles. The summed E-state index contributed by atoms with van der Waals surface area (Å²) in [5, 5.41) is 11.9. The summed E-state index contributed by atoms with van der Waals surface area (Å²) in [5.74, 6) is 2.17. The van der Waals surface area contributed by atoms with Gasteiger partial charge in [-0.3, -0.25) is 19.1 Å². The molecule has 0 radical (unpaired) electrons. The maximum atomic E-state index is 12.7. The van der Waals surface area contributed by atoms with Gasteiger partial charge in [0.25, 0.3) is 0 Å². The molecule has 0 aliphatic carbocycles. The monoisotopic (exact) mass is 568 g/mol. The van der Waals surface area contributed by atoms with Crippen molar-refractivity contribution in [3.8, 4) is 0 Å². The van der Waals surface area contributed by atoms with Crippen molar-refractivity contribution in [1.82, 2.24) is 34.6 Å². The first-order valence-electron chi connectivity index (χ1n) is 12.1. The minimum atomic E-state index is 0. The lowest BCUT2D eigenvalue weighted by molar-refractivity contribution is -0.132. The van der Waals surface area contributed by atoms with E-state index in [1.807, 2.05) is 28.8 Å². The van der Waals surface area contributed by atoms with Gasteiger partial charge >= 0.3 is 0 Å². The van der Waals surface area contributed by atoms with Gasteiger partial charge in [-0.25, -0.2) is 0 Å². The van der Waals surface area contributed by atoms with E-state index in [9.17, 15) is 4.79 Å². The van der Waals surface area contributed by atoms with Crippen LogP contribution in [-0.2, 0) is 11.2 Å². The SMILES string of the molecule is CCNC(=NCCc1nnc2ccccn12)N1CCN(CC(=O)N2CCCCCC2)CC1.I. The maximum Gasteiger partial charge on any atom is 0.236 e. The molecule has 2 saturated heterocycles. The summed E-state index contributed by atoms with van der Waals surface area (Å²) in [6, 6.07) is 5.92. The summed E-state index contributed by atoms with van der Waals surface area (Å²) in [6.45, 7) is 9.53. The number of guanidine groups is 1. The van der Waals surface area contributed by atoms with Gasteiger partial charge in [0, 0.05) is 65.0 Å². The van der Waals surface area contributed by atoms with Crippen LogP contribution in [0, 0.1) is 0 Å². The summed E-state index contributed by atoms with van der Waals surface area (Å²) < 4.78 is 2.02. The fourth-order valence-corrected chi connectivity index (χ4v) is 4.48. The molecule has 9 nitrogen and oxygen atoms in total. The van der Waals surface area contributed by atoms with Gasteiger partial charge in [-0.2, -0.15) is 0 Å². The average Bonchev–Trinajstić information content (AvgIpc) is 3.03. The Balaban J connectivity index is 0.00000306. The van der Waals surface area contributed by atoms with Crippen LogP contribution in [0.15, 0.2) is 29.4 Å². The number of halogens is 1. The molecule has 0 bridgehead atoms. The van der Waals surface area contributed by atoms with Gasteiger partial charge in [0.1, 0.15) is 5.82 Å². The van der Waals surface area contributed by atoms with E-state index in [2.05, 4.69) is 37.1 Å². The van der Waals surface area contributed by atoms with Crippen molar-refractivity contribution in [2.75, 3.05) is 58.9 Å². The highest BCUT2D eigenvalue weighted by Gasteiger charge is 2.23. The number of fused-ring (bicyclic) bond motifs is 1. The largest absolute Gasteiger partial charge is 0.357 e. The summed E-state index contributed by atoms with van der Waals surface area (Å²) in [7, 11) is 0. The number of likely N-dealkylation sites (tertiary alicyclic amines) is 1. The zero-order valence-electron chi connectivity index (χ0n) is 19.7. The Hall–Kier alpha value is -1.95. The second-order valence-electron chi connectivity index (χ2n) is 8.59. The number of nitrogens with zero attached hydrogens (tertiary/aromatic N) is 7. The summed E-state index contributed by atoms with van der Waals surface area (Å²) in [4.78, 5) is 24.2. The van der Waals surface area contributed by atoms with E-state index in [-0.39, 0.29) is 24.0 Å². The van der Waals surface area contributed by atoms with Crippen LogP contribution >= 0.6 is 24.0 Å². The van der Waals surface area contributed by atoms with Crippen LogP contribution in [0.25, 0.3) is 5.65 Å². The first-order valence-corrected chi connectivity index (χ1v) is 12.1. The predicted molar refractivity (Wildman–Crippen MR) is 141 cm³/mol. The summed E-state index contributed by atoms with van der Waals surface area (Å²) in [6.07, 6.45) is 7.53. The van der Waals surface area contributed by atoms with Crippen LogP contribution in [0.3, 0.4) is 0 Å². The third kappa shape index (κ3) is 7.02. The molecule has 10 heteroatoms. The smallest absolute Gasteiger partial charge is 0.236 e. The average molecular weight is 569 g/mol.